The van der Waals surface area contributed by atoms with Gasteiger partial charge in [-0.15, -0.1) is 23.7 Å². The molecule has 5 nitrogen and oxygen atoms in total. The predicted octanol–water partition coefficient (Wildman–Crippen LogP) is 1.87. The Balaban J connectivity index is 0.00000208. The van der Waals surface area contributed by atoms with Crippen LogP contribution in [0.15, 0.2) is 17.5 Å². The predicted molar refractivity (Wildman–Crippen MR) is 98.8 cm³/mol. The highest BCUT2D eigenvalue weighted by molar-refractivity contribution is 7.10. The average Bonchev–Trinajstić information content (AvgIpc) is 3.10. The van der Waals surface area contributed by atoms with Crippen molar-refractivity contribution in [3.05, 3.63) is 22.4 Å². The number of hydrogen-bond donors (Lipinski definition) is 1. The minimum absolute atomic E-state index is 0. The number of piperidine rings is 1. The fraction of sp³-hybridized carbons (Fsp3) is 0.647. The number of halogens is 1. The highest BCUT2D eigenvalue weighted by atomic mass is 35.5. The van der Waals surface area contributed by atoms with E-state index < -0.39 is 5.41 Å². The number of carbonyl (C=O) groups excluding carboxylic acids is 2. The molecule has 0 aliphatic carbocycles. The average molecular weight is 372 g/mol. The van der Waals surface area contributed by atoms with Crippen LogP contribution in [0.3, 0.4) is 0 Å². The molecular formula is C17H26ClN3O2S. The summed E-state index contributed by atoms with van der Waals surface area (Å²) in [7, 11) is 0. The van der Waals surface area contributed by atoms with Crippen molar-refractivity contribution < 1.29 is 9.59 Å². The molecule has 1 unspecified atom stereocenters. The van der Waals surface area contributed by atoms with Crippen molar-refractivity contribution in [3.63, 3.8) is 0 Å². The molecule has 0 saturated carbocycles. The van der Waals surface area contributed by atoms with Crippen LogP contribution in [-0.2, 0) is 15.0 Å². The zero-order chi connectivity index (χ0) is 16.4. The van der Waals surface area contributed by atoms with Crippen molar-refractivity contribution in [2.75, 3.05) is 32.7 Å². The molecule has 2 aliphatic heterocycles. The summed E-state index contributed by atoms with van der Waals surface area (Å²) in [4.78, 5) is 30.2. The lowest BCUT2D eigenvalue weighted by Crippen LogP contribution is -2.58. The molecule has 2 fully saturated rings. The van der Waals surface area contributed by atoms with Crippen LogP contribution in [0.2, 0.25) is 0 Å². The van der Waals surface area contributed by atoms with E-state index in [1.807, 2.05) is 41.2 Å². The van der Waals surface area contributed by atoms with E-state index in [-0.39, 0.29) is 30.3 Å². The van der Waals surface area contributed by atoms with Gasteiger partial charge >= 0.3 is 0 Å². The van der Waals surface area contributed by atoms with Gasteiger partial charge in [0, 0.05) is 37.1 Å². The number of hydrogen-bond acceptors (Lipinski definition) is 4. The first kappa shape index (κ1) is 19.2. The highest BCUT2D eigenvalue weighted by Crippen LogP contribution is 2.31. The number of nitrogens with one attached hydrogen (secondary N) is 1. The van der Waals surface area contributed by atoms with E-state index in [1.54, 1.807) is 11.3 Å². The second kappa shape index (κ2) is 7.85. The Hall–Kier alpha value is -1.11. The summed E-state index contributed by atoms with van der Waals surface area (Å²) in [5.41, 5.74) is -0.497. The van der Waals surface area contributed by atoms with E-state index in [0.717, 1.165) is 37.4 Å². The topological polar surface area (TPSA) is 52.7 Å². The van der Waals surface area contributed by atoms with Crippen LogP contribution in [-0.4, -0.2) is 60.4 Å². The molecule has 0 aromatic carbocycles. The smallest absolute Gasteiger partial charge is 0.236 e. The van der Waals surface area contributed by atoms with Gasteiger partial charge in [-0.1, -0.05) is 6.07 Å². The largest absolute Gasteiger partial charge is 0.340 e. The molecule has 134 valence electrons. The third-order valence-corrected chi connectivity index (χ3v) is 6.12. The van der Waals surface area contributed by atoms with Crippen LogP contribution in [0.1, 0.15) is 31.6 Å². The molecule has 2 amide bonds. The Morgan fingerprint density at radius 3 is 2.83 bits per heavy atom. The lowest BCUT2D eigenvalue weighted by Gasteiger charge is -2.43. The van der Waals surface area contributed by atoms with E-state index in [9.17, 15) is 9.59 Å². The Kier molecular flexibility index (Phi) is 6.28. The van der Waals surface area contributed by atoms with Gasteiger partial charge < -0.3 is 15.1 Å². The summed E-state index contributed by atoms with van der Waals surface area (Å²) < 4.78 is 0. The molecule has 2 saturated heterocycles. The maximum Gasteiger partial charge on any atom is 0.236 e. The van der Waals surface area contributed by atoms with Crippen molar-refractivity contribution in [3.8, 4) is 0 Å². The van der Waals surface area contributed by atoms with Gasteiger partial charge in [0.15, 0.2) is 0 Å². The molecule has 1 aromatic heterocycles. The van der Waals surface area contributed by atoms with Crippen LogP contribution in [0.4, 0.5) is 0 Å². The molecule has 1 aromatic rings. The molecule has 7 heteroatoms. The number of thiophene rings is 1. The first-order valence-electron chi connectivity index (χ1n) is 8.33. The van der Waals surface area contributed by atoms with Crippen LogP contribution in [0.5, 0.6) is 0 Å². The highest BCUT2D eigenvalue weighted by Gasteiger charge is 2.38. The molecule has 3 heterocycles. The Labute approximate surface area is 153 Å². The molecule has 3 rings (SSSR count). The maximum atomic E-state index is 13.0. The molecule has 24 heavy (non-hydrogen) atoms. The normalized spacial score (nSPS) is 22.2. The van der Waals surface area contributed by atoms with Gasteiger partial charge in [-0.2, -0.15) is 0 Å². The summed E-state index contributed by atoms with van der Waals surface area (Å²) in [6.45, 7) is 7.48. The molecule has 0 spiro atoms. The number of amides is 2. The first-order valence-corrected chi connectivity index (χ1v) is 9.21. The fourth-order valence-electron chi connectivity index (χ4n) is 3.54. The van der Waals surface area contributed by atoms with Crippen molar-refractivity contribution in [2.45, 2.75) is 38.1 Å². The fourth-order valence-corrected chi connectivity index (χ4v) is 4.38. The lowest BCUT2D eigenvalue weighted by molar-refractivity contribution is -0.143. The summed E-state index contributed by atoms with van der Waals surface area (Å²) in [6.07, 6.45) is 1.96. The molecule has 1 N–H and O–H groups in total. The molecule has 1 atom stereocenters. The first-order chi connectivity index (χ1) is 11.0. The minimum atomic E-state index is -0.497. The van der Waals surface area contributed by atoms with E-state index >= 15 is 0 Å². The maximum absolute atomic E-state index is 13.0. The Morgan fingerprint density at radius 1 is 1.38 bits per heavy atom. The Bertz CT molecular complexity index is 576. The van der Waals surface area contributed by atoms with Gasteiger partial charge in [0.2, 0.25) is 11.8 Å². The van der Waals surface area contributed by atoms with Crippen molar-refractivity contribution in [1.82, 2.24) is 15.1 Å². The van der Waals surface area contributed by atoms with E-state index in [0.29, 0.717) is 13.1 Å². The number of nitrogens with zero attached hydrogens (tertiary/aromatic N) is 2. The summed E-state index contributed by atoms with van der Waals surface area (Å²) in [5.74, 6) is 0.334. The molecule has 0 bridgehead atoms. The van der Waals surface area contributed by atoms with Crippen LogP contribution >= 0.6 is 23.7 Å². The Morgan fingerprint density at radius 2 is 2.17 bits per heavy atom. The SMILES string of the molecule is CC(C)(C(=O)N1CCCC(N2CCNCC2=O)C1)c1cccs1.Cl. The third-order valence-electron chi connectivity index (χ3n) is 4.92. The second-order valence-electron chi connectivity index (χ2n) is 6.91. The van der Waals surface area contributed by atoms with Gasteiger partial charge in [-0.05, 0) is 38.1 Å². The van der Waals surface area contributed by atoms with Gasteiger partial charge in [-0.3, -0.25) is 9.59 Å². The van der Waals surface area contributed by atoms with E-state index in [4.69, 9.17) is 0 Å². The third kappa shape index (κ3) is 3.76. The monoisotopic (exact) mass is 371 g/mol. The number of rotatable bonds is 3. The summed E-state index contributed by atoms with van der Waals surface area (Å²) in [5, 5.41) is 5.13. The molecular weight excluding hydrogens is 346 g/mol. The van der Waals surface area contributed by atoms with Gasteiger partial charge in [0.05, 0.1) is 12.0 Å². The van der Waals surface area contributed by atoms with Crippen molar-refractivity contribution in [1.29, 1.82) is 0 Å². The van der Waals surface area contributed by atoms with Gasteiger partial charge in [-0.25, -0.2) is 0 Å². The quantitative estimate of drug-likeness (QED) is 0.882. The minimum Gasteiger partial charge on any atom is -0.340 e. The standard InChI is InChI=1S/C17H25N3O2S.ClH/c1-17(2,14-6-4-10-23-14)16(22)19-8-3-5-13(12-19)20-9-7-18-11-15(20)21;/h4,6,10,13,18H,3,5,7-9,11-12H2,1-2H3;1H. The van der Waals surface area contributed by atoms with Crippen molar-refractivity contribution in [2.24, 2.45) is 0 Å². The molecule has 2 aliphatic rings. The van der Waals surface area contributed by atoms with Crippen molar-refractivity contribution >= 4 is 35.6 Å². The zero-order valence-electron chi connectivity index (χ0n) is 14.3. The van der Waals surface area contributed by atoms with Gasteiger partial charge in [0.25, 0.3) is 0 Å². The van der Waals surface area contributed by atoms with Gasteiger partial charge in [0.1, 0.15) is 0 Å². The van der Waals surface area contributed by atoms with Crippen LogP contribution < -0.4 is 5.32 Å². The number of likely N-dealkylation sites (tertiary alicyclic amines) is 1. The zero-order valence-corrected chi connectivity index (χ0v) is 15.9. The summed E-state index contributed by atoms with van der Waals surface area (Å²) in [6, 6.07) is 4.19. The second-order valence-corrected chi connectivity index (χ2v) is 7.86. The number of piperazine rings is 1. The van der Waals surface area contributed by atoms with Crippen LogP contribution in [0.25, 0.3) is 0 Å². The van der Waals surface area contributed by atoms with Crippen LogP contribution in [0, 0.1) is 0 Å². The lowest BCUT2D eigenvalue weighted by atomic mass is 9.88. The molecule has 0 radical (unpaired) electrons. The summed E-state index contributed by atoms with van der Waals surface area (Å²) >= 11 is 1.63. The van der Waals surface area contributed by atoms with E-state index in [1.165, 1.54) is 0 Å². The van der Waals surface area contributed by atoms with E-state index in [2.05, 4.69) is 5.32 Å². The number of carbonyl (C=O) groups is 2.